The molecule has 2 aromatic rings. The zero-order valence-electron chi connectivity index (χ0n) is 13.4. The summed E-state index contributed by atoms with van der Waals surface area (Å²) in [7, 11) is 0. The summed E-state index contributed by atoms with van der Waals surface area (Å²) in [5.74, 6) is 0.0835. The fourth-order valence-corrected chi connectivity index (χ4v) is 3.40. The highest BCUT2D eigenvalue weighted by Crippen LogP contribution is 2.21. The molecule has 1 aromatic heterocycles. The van der Waals surface area contributed by atoms with E-state index in [9.17, 15) is 9.59 Å². The van der Waals surface area contributed by atoms with Crippen LogP contribution in [0.3, 0.4) is 0 Å². The molecule has 2 unspecified atom stereocenters. The highest BCUT2D eigenvalue weighted by atomic mass is 32.1. The minimum Gasteiger partial charge on any atom is -0.337 e. The second-order valence-corrected chi connectivity index (χ2v) is 6.72. The molecule has 1 aromatic carbocycles. The molecule has 6 nitrogen and oxygen atoms in total. The number of nitrogens with one attached hydrogen (secondary N) is 2. The smallest absolute Gasteiger partial charge is 0.315 e. The third kappa shape index (κ3) is 3.73. The maximum Gasteiger partial charge on any atom is 0.315 e. The predicted molar refractivity (Wildman–Crippen MR) is 94.3 cm³/mol. The Kier molecular flexibility index (Phi) is 5.10. The number of aromatic nitrogens is 1. The number of para-hydroxylation sites is 1. The molecule has 7 heteroatoms. The van der Waals surface area contributed by atoms with E-state index in [-0.39, 0.29) is 17.9 Å². The SMILES string of the molecule is CC(CNC(=O)NC1CCN(c2ccccc2)C1=O)c1nccs1. The molecule has 126 valence electrons. The lowest BCUT2D eigenvalue weighted by Crippen LogP contribution is -2.46. The van der Waals surface area contributed by atoms with E-state index in [1.54, 1.807) is 22.4 Å². The van der Waals surface area contributed by atoms with Crippen molar-refractivity contribution >= 4 is 29.0 Å². The van der Waals surface area contributed by atoms with Crippen LogP contribution in [0.4, 0.5) is 10.5 Å². The first kappa shape index (κ1) is 16.4. The van der Waals surface area contributed by atoms with Gasteiger partial charge in [0.25, 0.3) is 0 Å². The summed E-state index contributed by atoms with van der Waals surface area (Å²) in [5.41, 5.74) is 0.865. The monoisotopic (exact) mass is 344 g/mol. The summed E-state index contributed by atoms with van der Waals surface area (Å²) in [5, 5.41) is 8.50. The van der Waals surface area contributed by atoms with E-state index in [0.717, 1.165) is 10.7 Å². The van der Waals surface area contributed by atoms with Crippen molar-refractivity contribution in [3.8, 4) is 0 Å². The van der Waals surface area contributed by atoms with Crippen molar-refractivity contribution < 1.29 is 9.59 Å². The van der Waals surface area contributed by atoms with Crippen LogP contribution in [0.15, 0.2) is 41.9 Å². The predicted octanol–water partition coefficient (Wildman–Crippen LogP) is 2.35. The van der Waals surface area contributed by atoms with Crippen LogP contribution in [0.5, 0.6) is 0 Å². The fourth-order valence-electron chi connectivity index (χ4n) is 2.70. The summed E-state index contributed by atoms with van der Waals surface area (Å²) < 4.78 is 0. The molecule has 2 atom stereocenters. The van der Waals surface area contributed by atoms with Crippen molar-refractivity contribution in [3.63, 3.8) is 0 Å². The second-order valence-electron chi connectivity index (χ2n) is 5.79. The Hall–Kier alpha value is -2.41. The number of urea groups is 1. The molecule has 0 saturated carbocycles. The summed E-state index contributed by atoms with van der Waals surface area (Å²) in [4.78, 5) is 30.4. The molecule has 1 fully saturated rings. The number of hydrogen-bond donors (Lipinski definition) is 2. The van der Waals surface area contributed by atoms with E-state index in [4.69, 9.17) is 0 Å². The van der Waals surface area contributed by atoms with Crippen molar-refractivity contribution in [3.05, 3.63) is 46.9 Å². The zero-order valence-corrected chi connectivity index (χ0v) is 14.3. The first-order chi connectivity index (χ1) is 11.6. The van der Waals surface area contributed by atoms with Crippen LogP contribution in [-0.2, 0) is 4.79 Å². The van der Waals surface area contributed by atoms with Crippen LogP contribution >= 0.6 is 11.3 Å². The Labute approximate surface area is 144 Å². The van der Waals surface area contributed by atoms with Gasteiger partial charge in [0.1, 0.15) is 6.04 Å². The van der Waals surface area contributed by atoms with Crippen molar-refractivity contribution in [2.24, 2.45) is 0 Å². The van der Waals surface area contributed by atoms with Gasteiger partial charge in [0.15, 0.2) is 0 Å². The lowest BCUT2D eigenvalue weighted by molar-refractivity contribution is -0.118. The van der Waals surface area contributed by atoms with Gasteiger partial charge < -0.3 is 15.5 Å². The van der Waals surface area contributed by atoms with Gasteiger partial charge in [-0.25, -0.2) is 9.78 Å². The molecule has 1 aliphatic heterocycles. The molecule has 0 aliphatic carbocycles. The van der Waals surface area contributed by atoms with Crippen molar-refractivity contribution in [1.29, 1.82) is 0 Å². The highest BCUT2D eigenvalue weighted by molar-refractivity contribution is 7.09. The standard InChI is InChI=1S/C17H20N4O2S/c1-12(15-18-8-10-24-15)11-19-17(23)20-14-7-9-21(16(14)22)13-5-3-2-4-6-13/h2-6,8,10,12,14H,7,9,11H2,1H3,(H2,19,20,23). The average molecular weight is 344 g/mol. The van der Waals surface area contributed by atoms with Crippen molar-refractivity contribution in [1.82, 2.24) is 15.6 Å². The van der Waals surface area contributed by atoms with Crippen LogP contribution in [0, 0.1) is 0 Å². The Morgan fingerprint density at radius 2 is 2.21 bits per heavy atom. The Balaban J connectivity index is 1.49. The van der Waals surface area contributed by atoms with E-state index in [2.05, 4.69) is 15.6 Å². The number of carbonyl (C=O) groups excluding carboxylic acids is 2. The molecular formula is C17H20N4O2S. The third-order valence-electron chi connectivity index (χ3n) is 4.02. The first-order valence-electron chi connectivity index (χ1n) is 7.95. The van der Waals surface area contributed by atoms with Crippen molar-refractivity contribution in [2.75, 3.05) is 18.0 Å². The van der Waals surface area contributed by atoms with Gasteiger partial charge in [-0.2, -0.15) is 0 Å². The van der Waals surface area contributed by atoms with Crippen LogP contribution in [-0.4, -0.2) is 36.1 Å². The van der Waals surface area contributed by atoms with E-state index < -0.39 is 6.04 Å². The number of carbonyl (C=O) groups is 2. The molecule has 3 amide bonds. The maximum atomic E-state index is 12.4. The Morgan fingerprint density at radius 1 is 1.42 bits per heavy atom. The van der Waals surface area contributed by atoms with Gasteiger partial charge in [-0.15, -0.1) is 11.3 Å². The lowest BCUT2D eigenvalue weighted by Gasteiger charge is -2.17. The molecule has 0 spiro atoms. The molecule has 2 heterocycles. The first-order valence-corrected chi connectivity index (χ1v) is 8.83. The minimum absolute atomic E-state index is 0.0654. The molecule has 1 saturated heterocycles. The quantitative estimate of drug-likeness (QED) is 0.874. The van der Waals surface area contributed by atoms with Crippen LogP contribution in [0.2, 0.25) is 0 Å². The normalized spacial score (nSPS) is 18.5. The summed E-state index contributed by atoms with van der Waals surface area (Å²) in [6, 6.07) is 8.72. The largest absolute Gasteiger partial charge is 0.337 e. The molecule has 0 radical (unpaired) electrons. The van der Waals surface area contributed by atoms with E-state index in [0.29, 0.717) is 19.5 Å². The topological polar surface area (TPSA) is 74.3 Å². The molecule has 2 N–H and O–H groups in total. The van der Waals surface area contributed by atoms with Gasteiger partial charge in [0, 0.05) is 36.3 Å². The number of anilines is 1. The van der Waals surface area contributed by atoms with Gasteiger partial charge in [-0.1, -0.05) is 25.1 Å². The van der Waals surface area contributed by atoms with Gasteiger partial charge in [-0.05, 0) is 18.6 Å². The fraction of sp³-hybridized carbons (Fsp3) is 0.353. The molecule has 3 rings (SSSR count). The maximum absolute atomic E-state index is 12.4. The number of thiazole rings is 1. The number of hydrogen-bond acceptors (Lipinski definition) is 4. The molecule has 0 bridgehead atoms. The van der Waals surface area contributed by atoms with E-state index in [1.807, 2.05) is 42.6 Å². The van der Waals surface area contributed by atoms with Gasteiger partial charge in [-0.3, -0.25) is 4.79 Å². The summed E-state index contributed by atoms with van der Waals surface area (Å²) in [6.07, 6.45) is 2.37. The van der Waals surface area contributed by atoms with Crippen LogP contribution in [0.25, 0.3) is 0 Å². The van der Waals surface area contributed by atoms with Crippen LogP contribution in [0.1, 0.15) is 24.3 Å². The second kappa shape index (κ2) is 7.44. The average Bonchev–Trinajstić information content (AvgIpc) is 3.25. The number of amides is 3. The number of rotatable bonds is 5. The summed E-state index contributed by atoms with van der Waals surface area (Å²) >= 11 is 1.57. The number of nitrogens with zero attached hydrogens (tertiary/aromatic N) is 2. The lowest BCUT2D eigenvalue weighted by atomic mass is 10.2. The van der Waals surface area contributed by atoms with E-state index >= 15 is 0 Å². The number of benzene rings is 1. The third-order valence-corrected chi connectivity index (χ3v) is 5.03. The zero-order chi connectivity index (χ0) is 16.9. The van der Waals surface area contributed by atoms with Crippen LogP contribution < -0.4 is 15.5 Å². The minimum atomic E-state index is -0.472. The van der Waals surface area contributed by atoms with Gasteiger partial charge in [0.2, 0.25) is 5.91 Å². The Bertz CT molecular complexity index is 690. The van der Waals surface area contributed by atoms with Gasteiger partial charge >= 0.3 is 6.03 Å². The van der Waals surface area contributed by atoms with Gasteiger partial charge in [0.05, 0.1) is 5.01 Å². The summed E-state index contributed by atoms with van der Waals surface area (Å²) in [6.45, 7) is 3.11. The highest BCUT2D eigenvalue weighted by Gasteiger charge is 2.33. The molecular weight excluding hydrogens is 324 g/mol. The Morgan fingerprint density at radius 3 is 2.92 bits per heavy atom. The molecule has 1 aliphatic rings. The van der Waals surface area contributed by atoms with E-state index in [1.165, 1.54) is 0 Å². The molecule has 24 heavy (non-hydrogen) atoms. The van der Waals surface area contributed by atoms with Crippen molar-refractivity contribution in [2.45, 2.75) is 25.3 Å².